The van der Waals surface area contributed by atoms with Crippen molar-refractivity contribution in [2.24, 2.45) is 0 Å². The van der Waals surface area contributed by atoms with Crippen molar-refractivity contribution in [3.63, 3.8) is 0 Å². The molecule has 0 radical (unpaired) electrons. The van der Waals surface area contributed by atoms with E-state index in [4.69, 9.17) is 14.2 Å². The van der Waals surface area contributed by atoms with Gasteiger partial charge in [0.2, 0.25) is 5.75 Å². The lowest BCUT2D eigenvalue weighted by Gasteiger charge is -2.18. The van der Waals surface area contributed by atoms with Gasteiger partial charge in [-0.25, -0.2) is 9.78 Å². The van der Waals surface area contributed by atoms with Gasteiger partial charge in [0.15, 0.2) is 11.5 Å². The third-order valence-corrected chi connectivity index (χ3v) is 5.67. The number of benzene rings is 1. The van der Waals surface area contributed by atoms with E-state index in [-0.39, 0.29) is 12.0 Å². The van der Waals surface area contributed by atoms with E-state index >= 15 is 0 Å². The topological polar surface area (TPSA) is 112 Å². The number of aromatic nitrogens is 4. The van der Waals surface area contributed by atoms with Crippen LogP contribution in [-0.2, 0) is 0 Å². The van der Waals surface area contributed by atoms with Crippen LogP contribution in [-0.4, -0.2) is 46.9 Å². The van der Waals surface area contributed by atoms with Crippen molar-refractivity contribution in [2.75, 3.05) is 26.6 Å². The fourth-order valence-electron chi connectivity index (χ4n) is 3.23. The van der Waals surface area contributed by atoms with Crippen LogP contribution >= 0.6 is 11.3 Å². The molecule has 0 aliphatic rings. The summed E-state index contributed by atoms with van der Waals surface area (Å²) in [4.78, 5) is 22.1. The highest BCUT2D eigenvalue weighted by molar-refractivity contribution is 7.13. The molecule has 4 rings (SSSR count). The number of carbonyl (C=O) groups is 1. The minimum atomic E-state index is -0.458. The Labute approximate surface area is 188 Å². The van der Waals surface area contributed by atoms with Gasteiger partial charge in [0.05, 0.1) is 37.9 Å². The molecule has 1 atom stereocenters. The van der Waals surface area contributed by atoms with Gasteiger partial charge in [-0.05, 0) is 42.1 Å². The van der Waals surface area contributed by atoms with Crippen LogP contribution in [0, 0.1) is 0 Å². The van der Waals surface area contributed by atoms with E-state index in [0.717, 1.165) is 16.1 Å². The number of thiophene rings is 1. The Morgan fingerprint density at radius 3 is 2.50 bits per heavy atom. The maximum absolute atomic E-state index is 12.6. The Balaban J connectivity index is 1.52. The van der Waals surface area contributed by atoms with Crippen molar-refractivity contribution in [1.29, 1.82) is 0 Å². The summed E-state index contributed by atoms with van der Waals surface area (Å²) < 4.78 is 17.7. The lowest BCUT2D eigenvalue weighted by Crippen LogP contribution is -2.31. The fourth-order valence-corrected chi connectivity index (χ4v) is 3.96. The molecule has 11 heteroatoms. The van der Waals surface area contributed by atoms with Crippen LogP contribution in [0.25, 0.3) is 16.3 Å². The van der Waals surface area contributed by atoms with Gasteiger partial charge < -0.3 is 19.5 Å². The number of methoxy groups -OCH3 is 3. The third-order valence-electron chi connectivity index (χ3n) is 4.77. The number of nitrogens with zero attached hydrogens (tertiary/aromatic N) is 4. The van der Waals surface area contributed by atoms with E-state index in [0.29, 0.717) is 23.0 Å². The van der Waals surface area contributed by atoms with Crippen molar-refractivity contribution in [2.45, 2.75) is 13.0 Å². The summed E-state index contributed by atoms with van der Waals surface area (Å²) in [6.45, 7) is 1.84. The number of nitrogens with one attached hydrogen (secondary N) is 2. The molecule has 3 heterocycles. The molecule has 0 saturated carbocycles. The van der Waals surface area contributed by atoms with Gasteiger partial charge in [-0.2, -0.15) is 9.50 Å². The number of ether oxygens (including phenoxy) is 3. The lowest BCUT2D eigenvalue weighted by molar-refractivity contribution is 0.249. The predicted octanol–water partition coefficient (Wildman–Crippen LogP) is 3.76. The van der Waals surface area contributed by atoms with Gasteiger partial charge in [0.25, 0.3) is 11.7 Å². The number of carbonyl (C=O) groups excluding carboxylic acids is 1. The first-order valence-electron chi connectivity index (χ1n) is 9.67. The van der Waals surface area contributed by atoms with Crippen LogP contribution in [0.3, 0.4) is 0 Å². The summed E-state index contributed by atoms with van der Waals surface area (Å²) in [5.41, 5.74) is 1.62. The Morgan fingerprint density at radius 2 is 1.88 bits per heavy atom. The fraction of sp³-hybridized carbons (Fsp3) is 0.238. The zero-order chi connectivity index (χ0) is 22.7. The second-order valence-electron chi connectivity index (χ2n) is 6.73. The Hall–Kier alpha value is -3.86. The lowest BCUT2D eigenvalue weighted by atomic mass is 10.1. The molecule has 1 aromatic carbocycles. The summed E-state index contributed by atoms with van der Waals surface area (Å²) >= 11 is 1.58. The SMILES string of the molecule is COc1cc([C@H](C)NC(=O)Nc2nc3nccc(-c4cccs4)n3n2)cc(OC)c1OC. The molecule has 0 unspecified atom stereocenters. The summed E-state index contributed by atoms with van der Waals surface area (Å²) in [6.07, 6.45) is 1.66. The Kier molecular flexibility index (Phi) is 6.08. The quantitative estimate of drug-likeness (QED) is 0.437. The van der Waals surface area contributed by atoms with Crippen LogP contribution in [0.1, 0.15) is 18.5 Å². The maximum Gasteiger partial charge on any atom is 0.322 e. The minimum absolute atomic E-state index is 0.149. The monoisotopic (exact) mass is 454 g/mol. The average molecular weight is 455 g/mol. The molecule has 0 spiro atoms. The van der Waals surface area contributed by atoms with Crippen LogP contribution in [0.5, 0.6) is 17.2 Å². The number of amides is 2. The van der Waals surface area contributed by atoms with Crippen LogP contribution < -0.4 is 24.8 Å². The van der Waals surface area contributed by atoms with Gasteiger partial charge in [-0.3, -0.25) is 5.32 Å². The normalized spacial score (nSPS) is 11.8. The summed E-state index contributed by atoms with van der Waals surface area (Å²) in [6, 6.07) is 8.55. The first kappa shape index (κ1) is 21.4. The predicted molar refractivity (Wildman–Crippen MR) is 121 cm³/mol. The molecule has 0 aliphatic carbocycles. The first-order chi connectivity index (χ1) is 15.5. The molecule has 166 valence electrons. The molecular weight excluding hydrogens is 432 g/mol. The molecule has 3 aromatic heterocycles. The summed E-state index contributed by atoms with van der Waals surface area (Å²) in [5, 5.41) is 11.9. The van der Waals surface area contributed by atoms with E-state index in [9.17, 15) is 4.79 Å². The minimum Gasteiger partial charge on any atom is -0.493 e. The number of anilines is 1. The average Bonchev–Trinajstić information content (AvgIpc) is 3.47. The van der Waals surface area contributed by atoms with E-state index < -0.39 is 6.03 Å². The van der Waals surface area contributed by atoms with Crippen LogP contribution in [0.15, 0.2) is 41.9 Å². The van der Waals surface area contributed by atoms with E-state index in [1.807, 2.05) is 30.5 Å². The largest absolute Gasteiger partial charge is 0.493 e. The number of urea groups is 1. The summed E-state index contributed by atoms with van der Waals surface area (Å²) in [5.74, 6) is 2.04. The molecule has 2 amide bonds. The summed E-state index contributed by atoms with van der Waals surface area (Å²) in [7, 11) is 4.62. The van der Waals surface area contributed by atoms with Crippen molar-refractivity contribution in [3.8, 4) is 27.8 Å². The molecule has 2 N–H and O–H groups in total. The number of hydrogen-bond acceptors (Lipinski definition) is 8. The highest BCUT2D eigenvalue weighted by Crippen LogP contribution is 2.39. The second kappa shape index (κ2) is 9.10. The van der Waals surface area contributed by atoms with E-state index in [2.05, 4.69) is 25.7 Å². The number of hydrogen-bond donors (Lipinski definition) is 2. The van der Waals surface area contributed by atoms with Gasteiger partial charge in [-0.15, -0.1) is 16.4 Å². The highest BCUT2D eigenvalue weighted by Gasteiger charge is 2.19. The molecule has 0 fully saturated rings. The molecule has 4 aromatic rings. The molecule has 32 heavy (non-hydrogen) atoms. The molecule has 0 bridgehead atoms. The van der Waals surface area contributed by atoms with Crippen molar-refractivity contribution in [1.82, 2.24) is 24.9 Å². The van der Waals surface area contributed by atoms with E-state index in [1.165, 1.54) is 7.11 Å². The highest BCUT2D eigenvalue weighted by atomic mass is 32.1. The first-order valence-corrected chi connectivity index (χ1v) is 10.5. The Bertz CT molecular complexity index is 1220. The van der Waals surface area contributed by atoms with Crippen molar-refractivity contribution in [3.05, 3.63) is 47.5 Å². The smallest absolute Gasteiger partial charge is 0.322 e. The number of fused-ring (bicyclic) bond motifs is 1. The third kappa shape index (κ3) is 4.14. The van der Waals surface area contributed by atoms with Gasteiger partial charge in [-0.1, -0.05) is 6.07 Å². The molecule has 0 saturated heterocycles. The van der Waals surface area contributed by atoms with Crippen LogP contribution in [0.2, 0.25) is 0 Å². The van der Waals surface area contributed by atoms with Crippen molar-refractivity contribution >= 4 is 29.1 Å². The molecular formula is C21H22N6O4S. The van der Waals surface area contributed by atoms with Gasteiger partial charge >= 0.3 is 6.03 Å². The zero-order valence-corrected chi connectivity index (χ0v) is 18.8. The zero-order valence-electron chi connectivity index (χ0n) is 17.9. The molecule has 10 nitrogen and oxygen atoms in total. The van der Waals surface area contributed by atoms with Gasteiger partial charge in [0.1, 0.15) is 0 Å². The number of rotatable bonds is 7. The standard InChI is InChI=1S/C21H22N6O4S/c1-12(13-10-15(29-2)18(31-4)16(11-13)30-3)23-21(28)25-19-24-20-22-8-7-14(27(20)26-19)17-6-5-9-32-17/h5-12H,1-4H3,(H2,23,25,26,28)/t12-/m0/s1. The van der Waals surface area contributed by atoms with Crippen molar-refractivity contribution < 1.29 is 19.0 Å². The van der Waals surface area contributed by atoms with Gasteiger partial charge in [0, 0.05) is 6.20 Å². The Morgan fingerprint density at radius 1 is 1.12 bits per heavy atom. The maximum atomic E-state index is 12.6. The van der Waals surface area contributed by atoms with E-state index in [1.54, 1.807) is 48.4 Å². The van der Waals surface area contributed by atoms with Crippen LogP contribution in [0.4, 0.5) is 10.7 Å². The molecule has 0 aliphatic heterocycles. The second-order valence-corrected chi connectivity index (χ2v) is 7.68.